The van der Waals surface area contributed by atoms with Gasteiger partial charge in [-0.05, 0) is 64.7 Å². The number of carbonyl (C=O) groups is 4. The summed E-state index contributed by atoms with van der Waals surface area (Å²) in [5.74, 6) is -3.98. The van der Waals surface area contributed by atoms with Crippen molar-refractivity contribution < 1.29 is 51.3 Å². The van der Waals surface area contributed by atoms with Gasteiger partial charge >= 0.3 is 24.0 Å². The molecule has 43 heavy (non-hydrogen) atoms. The van der Waals surface area contributed by atoms with Gasteiger partial charge in [-0.2, -0.15) is 13.2 Å². The van der Waals surface area contributed by atoms with Gasteiger partial charge in [0.2, 0.25) is 5.91 Å². The molecule has 0 aromatic heterocycles. The van der Waals surface area contributed by atoms with Crippen molar-refractivity contribution in [3.05, 3.63) is 11.6 Å². The molecule has 10 nitrogen and oxygen atoms in total. The Morgan fingerprint density at radius 2 is 1.70 bits per heavy atom. The molecule has 0 aromatic rings. The van der Waals surface area contributed by atoms with Crippen LogP contribution in [0.2, 0.25) is 0 Å². The van der Waals surface area contributed by atoms with Gasteiger partial charge in [0.05, 0.1) is 12.2 Å². The number of hydrogen-bond acceptors (Lipinski definition) is 8. The molecule has 2 heterocycles. The molecule has 0 spiro atoms. The van der Waals surface area contributed by atoms with Crippen LogP contribution in [-0.2, 0) is 38.1 Å². The first-order valence-electron chi connectivity index (χ1n) is 15.1. The van der Waals surface area contributed by atoms with Crippen molar-refractivity contribution in [2.45, 2.75) is 136 Å². The molecule has 2 amide bonds. The molecule has 0 aliphatic carbocycles. The monoisotopic (exact) mass is 620 g/mol. The van der Waals surface area contributed by atoms with Gasteiger partial charge in [-0.25, -0.2) is 0 Å². The third-order valence-electron chi connectivity index (χ3n) is 8.05. The van der Waals surface area contributed by atoms with Crippen LogP contribution in [0, 0.1) is 11.8 Å². The zero-order valence-electron chi connectivity index (χ0n) is 26.0. The smallest absolute Gasteiger partial charge is 0.457 e. The lowest BCUT2D eigenvalue weighted by molar-refractivity contribution is -0.294. The zero-order chi connectivity index (χ0) is 32.3. The SMILES string of the molecule is CC[C@@H]1CC/C=C(/C)CC[C@@H](O[C@@H]2O[C@@H](C)[C@@H](OC(C)=O)[C@@H](NC(=O)C(F)(F)F)[C@H]2OC(C)=O)[C@H](CC)CCCNC1=O. The molecule has 0 radical (unpaired) electrons. The van der Waals surface area contributed by atoms with Crippen molar-refractivity contribution in [2.75, 3.05) is 6.54 Å². The number of halogens is 3. The Hall–Kier alpha value is -2.67. The molecule has 13 heteroatoms. The minimum Gasteiger partial charge on any atom is -0.457 e. The van der Waals surface area contributed by atoms with E-state index in [0.717, 1.165) is 38.7 Å². The first-order valence-corrected chi connectivity index (χ1v) is 15.1. The molecular weight excluding hydrogens is 573 g/mol. The van der Waals surface area contributed by atoms with E-state index in [1.165, 1.54) is 6.92 Å². The Morgan fingerprint density at radius 1 is 1.05 bits per heavy atom. The number of hydrogen-bond donors (Lipinski definition) is 2. The Labute approximate surface area is 251 Å². The quantitative estimate of drug-likeness (QED) is 0.315. The van der Waals surface area contributed by atoms with E-state index in [2.05, 4.69) is 11.4 Å². The molecule has 1 fully saturated rings. The van der Waals surface area contributed by atoms with Crippen LogP contribution in [-0.4, -0.2) is 73.2 Å². The van der Waals surface area contributed by atoms with Gasteiger partial charge in [0.25, 0.3) is 0 Å². The van der Waals surface area contributed by atoms with Gasteiger partial charge in [-0.1, -0.05) is 31.9 Å². The molecule has 2 aliphatic rings. The number of nitrogens with one attached hydrogen (secondary N) is 2. The van der Waals surface area contributed by atoms with Gasteiger partial charge in [0.1, 0.15) is 6.04 Å². The first kappa shape index (κ1) is 36.5. The van der Waals surface area contributed by atoms with E-state index in [0.29, 0.717) is 38.6 Å². The average Bonchev–Trinajstić information content (AvgIpc) is 2.91. The van der Waals surface area contributed by atoms with Crippen LogP contribution in [0.5, 0.6) is 0 Å². The normalized spacial score (nSPS) is 32.8. The van der Waals surface area contributed by atoms with E-state index in [-0.39, 0.29) is 17.7 Å². The lowest BCUT2D eigenvalue weighted by Crippen LogP contribution is -2.67. The van der Waals surface area contributed by atoms with Crippen LogP contribution >= 0.6 is 0 Å². The van der Waals surface area contributed by atoms with Gasteiger partial charge in [0, 0.05) is 26.3 Å². The number of esters is 2. The number of allylic oxidation sites excluding steroid dienone is 2. The fourth-order valence-corrected chi connectivity index (χ4v) is 5.69. The number of ether oxygens (including phenoxy) is 4. The minimum absolute atomic E-state index is 0.0269. The fourth-order valence-electron chi connectivity index (χ4n) is 5.69. The fraction of sp³-hybridized carbons (Fsp3) is 0.800. The summed E-state index contributed by atoms with van der Waals surface area (Å²) < 4.78 is 63.0. The van der Waals surface area contributed by atoms with Gasteiger partial charge in [-0.3, -0.25) is 19.2 Å². The Balaban J connectivity index is 2.41. The molecule has 0 saturated carbocycles. The third-order valence-corrected chi connectivity index (χ3v) is 8.05. The van der Waals surface area contributed by atoms with Crippen molar-refractivity contribution in [1.82, 2.24) is 10.6 Å². The van der Waals surface area contributed by atoms with Crippen molar-refractivity contribution in [3.63, 3.8) is 0 Å². The lowest BCUT2D eigenvalue weighted by Gasteiger charge is -2.45. The summed E-state index contributed by atoms with van der Waals surface area (Å²) in [5, 5.41) is 4.88. The number of carbonyl (C=O) groups excluding carboxylic acids is 4. The standard InChI is InChI=1S/C30H47F3N2O8/c1-7-21-13-10-16-34-27(38)22(8-2)12-9-11-17(3)14-15-23(21)43-28-26(42-20(6)37)24(35-29(39)30(31,32)33)25(18(4)40-28)41-19(5)36/h11,18,21-26,28H,7-10,12-16H2,1-6H3,(H,34,38)(H,35,39)/b17-11-/t18-,21+,22+,23+,24+,25+,26+,28-/m0/s1. The summed E-state index contributed by atoms with van der Waals surface area (Å²) in [6.07, 6.45) is -3.38. The first-order chi connectivity index (χ1) is 20.2. The zero-order valence-corrected chi connectivity index (χ0v) is 26.0. The average molecular weight is 621 g/mol. The van der Waals surface area contributed by atoms with E-state index in [1.54, 1.807) is 0 Å². The second-order valence-electron chi connectivity index (χ2n) is 11.4. The Kier molecular flexibility index (Phi) is 14.4. The van der Waals surface area contributed by atoms with Gasteiger partial charge < -0.3 is 29.6 Å². The highest BCUT2D eigenvalue weighted by Gasteiger charge is 2.52. The number of amides is 2. The van der Waals surface area contributed by atoms with Gasteiger partial charge in [-0.15, -0.1) is 0 Å². The van der Waals surface area contributed by atoms with Crippen molar-refractivity contribution >= 4 is 23.8 Å². The highest BCUT2D eigenvalue weighted by molar-refractivity contribution is 5.82. The molecule has 2 rings (SSSR count). The summed E-state index contributed by atoms with van der Waals surface area (Å²) in [6, 6.07) is -1.60. The van der Waals surface area contributed by atoms with Crippen LogP contribution in [0.1, 0.15) is 92.9 Å². The Bertz CT molecular complexity index is 989. The highest BCUT2D eigenvalue weighted by atomic mass is 19.4. The van der Waals surface area contributed by atoms with Crippen molar-refractivity contribution in [3.8, 4) is 0 Å². The van der Waals surface area contributed by atoms with Crippen molar-refractivity contribution in [1.29, 1.82) is 0 Å². The van der Waals surface area contributed by atoms with E-state index < -0.39 is 60.8 Å². The molecular formula is C30H47F3N2O8. The van der Waals surface area contributed by atoms with Crippen LogP contribution in [0.15, 0.2) is 11.6 Å². The molecule has 0 unspecified atom stereocenters. The van der Waals surface area contributed by atoms with Gasteiger partial charge in [0.15, 0.2) is 18.5 Å². The second-order valence-corrected chi connectivity index (χ2v) is 11.4. The molecule has 2 aliphatic heterocycles. The summed E-state index contributed by atoms with van der Waals surface area (Å²) in [7, 11) is 0. The van der Waals surface area contributed by atoms with E-state index >= 15 is 0 Å². The topological polar surface area (TPSA) is 129 Å². The molecule has 1 saturated heterocycles. The summed E-state index contributed by atoms with van der Waals surface area (Å²) in [6.45, 7) is 10.1. The summed E-state index contributed by atoms with van der Waals surface area (Å²) >= 11 is 0. The molecule has 0 aromatic carbocycles. The summed E-state index contributed by atoms with van der Waals surface area (Å²) in [4.78, 5) is 48.6. The minimum atomic E-state index is -5.24. The van der Waals surface area contributed by atoms with Crippen LogP contribution in [0.25, 0.3) is 0 Å². The largest absolute Gasteiger partial charge is 0.471 e. The van der Waals surface area contributed by atoms with Crippen molar-refractivity contribution in [2.24, 2.45) is 11.8 Å². The molecule has 8 atom stereocenters. The number of rotatable bonds is 7. The van der Waals surface area contributed by atoms with Crippen LogP contribution in [0.3, 0.4) is 0 Å². The predicted molar refractivity (Wildman–Crippen MR) is 150 cm³/mol. The Morgan fingerprint density at radius 3 is 2.28 bits per heavy atom. The molecule has 2 N–H and O–H groups in total. The highest BCUT2D eigenvalue weighted by Crippen LogP contribution is 2.33. The van der Waals surface area contributed by atoms with E-state index in [9.17, 15) is 32.3 Å². The summed E-state index contributed by atoms with van der Waals surface area (Å²) in [5.41, 5.74) is 1.11. The third kappa shape index (κ3) is 11.4. The molecule has 246 valence electrons. The van der Waals surface area contributed by atoms with E-state index in [1.807, 2.05) is 26.1 Å². The van der Waals surface area contributed by atoms with Crippen LogP contribution in [0.4, 0.5) is 13.2 Å². The predicted octanol–water partition coefficient (Wildman–Crippen LogP) is 4.50. The lowest BCUT2D eigenvalue weighted by atomic mass is 9.89. The number of alkyl halides is 3. The second kappa shape index (κ2) is 17.0. The van der Waals surface area contributed by atoms with E-state index in [4.69, 9.17) is 18.9 Å². The maximum atomic E-state index is 13.3. The maximum Gasteiger partial charge on any atom is 0.471 e. The van der Waals surface area contributed by atoms with Crippen LogP contribution < -0.4 is 10.6 Å². The maximum absolute atomic E-state index is 13.3. The molecule has 0 bridgehead atoms.